The van der Waals surface area contributed by atoms with Gasteiger partial charge in [0.1, 0.15) is 0 Å². The number of hydrogen-bond acceptors (Lipinski definition) is 2. The van der Waals surface area contributed by atoms with Crippen LogP contribution in [0.3, 0.4) is 0 Å². The van der Waals surface area contributed by atoms with Crippen molar-refractivity contribution in [2.24, 2.45) is 11.7 Å². The Kier molecular flexibility index (Phi) is 4.55. The molecule has 0 aromatic heterocycles. The second kappa shape index (κ2) is 5.87. The highest BCUT2D eigenvalue weighted by Gasteiger charge is 2.33. The molecule has 1 aliphatic rings. The van der Waals surface area contributed by atoms with E-state index in [0.29, 0.717) is 18.6 Å². The standard InChI is InChI=1S/C18H30N2/c1-13(14-6-7-14)20(5)17(12-19)15-8-10-16(11-9-15)18(2,3)4/h8-11,13-14,17H,6-7,12,19H2,1-5H3. The van der Waals surface area contributed by atoms with Gasteiger partial charge in [-0.15, -0.1) is 0 Å². The van der Waals surface area contributed by atoms with E-state index in [4.69, 9.17) is 5.73 Å². The molecule has 0 bridgehead atoms. The molecule has 2 rings (SSSR count). The average Bonchev–Trinajstić information content (AvgIpc) is 3.22. The smallest absolute Gasteiger partial charge is 0.0470 e. The minimum Gasteiger partial charge on any atom is -0.329 e. The van der Waals surface area contributed by atoms with E-state index < -0.39 is 0 Å². The van der Waals surface area contributed by atoms with E-state index in [0.717, 1.165) is 5.92 Å². The first kappa shape index (κ1) is 15.5. The lowest BCUT2D eigenvalue weighted by Crippen LogP contribution is -2.38. The molecule has 0 spiro atoms. The first-order valence-electron chi connectivity index (χ1n) is 7.87. The summed E-state index contributed by atoms with van der Waals surface area (Å²) in [6.07, 6.45) is 2.76. The molecule has 0 heterocycles. The van der Waals surface area contributed by atoms with Crippen LogP contribution in [-0.2, 0) is 5.41 Å². The SMILES string of the molecule is CC(C1CC1)N(C)C(CN)c1ccc(C(C)(C)C)cc1. The summed E-state index contributed by atoms with van der Waals surface area (Å²) < 4.78 is 0. The zero-order valence-electron chi connectivity index (χ0n) is 13.7. The number of nitrogens with zero attached hydrogens (tertiary/aromatic N) is 1. The zero-order valence-corrected chi connectivity index (χ0v) is 13.7. The van der Waals surface area contributed by atoms with Crippen LogP contribution in [0.5, 0.6) is 0 Å². The fraction of sp³-hybridized carbons (Fsp3) is 0.667. The third-order valence-corrected chi connectivity index (χ3v) is 4.82. The molecule has 1 aromatic rings. The van der Waals surface area contributed by atoms with Gasteiger partial charge in [0.25, 0.3) is 0 Å². The van der Waals surface area contributed by atoms with Gasteiger partial charge in [0.05, 0.1) is 0 Å². The molecule has 2 atom stereocenters. The van der Waals surface area contributed by atoms with Crippen molar-refractivity contribution in [3.05, 3.63) is 35.4 Å². The van der Waals surface area contributed by atoms with Gasteiger partial charge in [-0.05, 0) is 49.3 Å². The summed E-state index contributed by atoms with van der Waals surface area (Å²) in [6.45, 7) is 9.78. The normalized spacial score (nSPS) is 19.1. The fourth-order valence-electron chi connectivity index (χ4n) is 2.94. The van der Waals surface area contributed by atoms with E-state index in [1.165, 1.54) is 24.0 Å². The van der Waals surface area contributed by atoms with Gasteiger partial charge < -0.3 is 5.73 Å². The molecule has 1 aromatic carbocycles. The van der Waals surface area contributed by atoms with E-state index in [1.54, 1.807) is 0 Å². The van der Waals surface area contributed by atoms with Crippen LogP contribution in [-0.4, -0.2) is 24.5 Å². The maximum atomic E-state index is 6.05. The second-order valence-corrected chi connectivity index (χ2v) is 7.37. The van der Waals surface area contributed by atoms with Crippen molar-refractivity contribution >= 4 is 0 Å². The third-order valence-electron chi connectivity index (χ3n) is 4.82. The van der Waals surface area contributed by atoms with Gasteiger partial charge in [0, 0.05) is 18.6 Å². The van der Waals surface area contributed by atoms with Crippen molar-refractivity contribution in [1.82, 2.24) is 4.90 Å². The van der Waals surface area contributed by atoms with Gasteiger partial charge in [-0.3, -0.25) is 4.90 Å². The first-order valence-corrected chi connectivity index (χ1v) is 7.87. The molecular formula is C18H30N2. The Morgan fingerprint density at radius 3 is 2.15 bits per heavy atom. The molecule has 0 saturated heterocycles. The Balaban J connectivity index is 2.14. The molecule has 0 radical (unpaired) electrons. The molecule has 2 N–H and O–H groups in total. The van der Waals surface area contributed by atoms with Crippen molar-refractivity contribution in [2.75, 3.05) is 13.6 Å². The van der Waals surface area contributed by atoms with E-state index >= 15 is 0 Å². The van der Waals surface area contributed by atoms with Crippen LogP contribution in [0.4, 0.5) is 0 Å². The topological polar surface area (TPSA) is 29.3 Å². The quantitative estimate of drug-likeness (QED) is 0.887. The lowest BCUT2D eigenvalue weighted by Gasteiger charge is -2.33. The van der Waals surface area contributed by atoms with E-state index in [1.807, 2.05) is 0 Å². The summed E-state index contributed by atoms with van der Waals surface area (Å²) in [5, 5.41) is 0. The summed E-state index contributed by atoms with van der Waals surface area (Å²) in [7, 11) is 2.22. The van der Waals surface area contributed by atoms with Gasteiger partial charge in [0.2, 0.25) is 0 Å². The third kappa shape index (κ3) is 3.42. The van der Waals surface area contributed by atoms with Crippen LogP contribution in [0.2, 0.25) is 0 Å². The number of nitrogens with two attached hydrogens (primary N) is 1. The molecule has 20 heavy (non-hydrogen) atoms. The summed E-state index contributed by atoms with van der Waals surface area (Å²) in [4.78, 5) is 2.46. The minimum atomic E-state index is 0.212. The Morgan fingerprint density at radius 1 is 1.20 bits per heavy atom. The van der Waals surface area contributed by atoms with Crippen molar-refractivity contribution in [2.45, 2.75) is 58.0 Å². The molecule has 112 valence electrons. The van der Waals surface area contributed by atoms with Crippen molar-refractivity contribution < 1.29 is 0 Å². The molecule has 0 amide bonds. The zero-order chi connectivity index (χ0) is 14.9. The average molecular weight is 274 g/mol. The number of rotatable bonds is 5. The Morgan fingerprint density at radius 2 is 1.75 bits per heavy atom. The molecular weight excluding hydrogens is 244 g/mol. The fourth-order valence-corrected chi connectivity index (χ4v) is 2.94. The van der Waals surface area contributed by atoms with Crippen molar-refractivity contribution in [3.8, 4) is 0 Å². The van der Waals surface area contributed by atoms with E-state index in [2.05, 4.69) is 63.9 Å². The monoisotopic (exact) mass is 274 g/mol. The summed E-state index contributed by atoms with van der Waals surface area (Å²) in [5.74, 6) is 0.878. The van der Waals surface area contributed by atoms with Gasteiger partial charge in [-0.25, -0.2) is 0 Å². The lowest BCUT2D eigenvalue weighted by atomic mass is 9.86. The highest BCUT2D eigenvalue weighted by molar-refractivity contribution is 5.29. The summed E-state index contributed by atoms with van der Waals surface area (Å²) in [6, 6.07) is 9.99. The van der Waals surface area contributed by atoms with Crippen LogP contribution in [0.25, 0.3) is 0 Å². The van der Waals surface area contributed by atoms with Crippen LogP contribution in [0.15, 0.2) is 24.3 Å². The van der Waals surface area contributed by atoms with Gasteiger partial charge in [-0.2, -0.15) is 0 Å². The Hall–Kier alpha value is -0.860. The molecule has 1 saturated carbocycles. The van der Waals surface area contributed by atoms with Crippen LogP contribution in [0.1, 0.15) is 57.7 Å². The van der Waals surface area contributed by atoms with Crippen molar-refractivity contribution in [3.63, 3.8) is 0 Å². The lowest BCUT2D eigenvalue weighted by molar-refractivity contribution is 0.171. The summed E-state index contributed by atoms with van der Waals surface area (Å²) >= 11 is 0. The molecule has 2 heteroatoms. The number of likely N-dealkylation sites (N-methyl/N-ethyl adjacent to an activating group) is 1. The molecule has 2 nitrogen and oxygen atoms in total. The van der Waals surface area contributed by atoms with E-state index in [-0.39, 0.29) is 5.41 Å². The van der Waals surface area contributed by atoms with Gasteiger partial charge >= 0.3 is 0 Å². The molecule has 1 fully saturated rings. The minimum absolute atomic E-state index is 0.212. The first-order chi connectivity index (χ1) is 9.34. The molecule has 0 aliphatic heterocycles. The second-order valence-electron chi connectivity index (χ2n) is 7.37. The van der Waals surface area contributed by atoms with Gasteiger partial charge in [-0.1, -0.05) is 45.0 Å². The van der Waals surface area contributed by atoms with Crippen molar-refractivity contribution in [1.29, 1.82) is 0 Å². The van der Waals surface area contributed by atoms with Crippen LogP contribution < -0.4 is 5.73 Å². The Bertz CT molecular complexity index is 426. The largest absolute Gasteiger partial charge is 0.329 e. The molecule has 1 aliphatic carbocycles. The maximum Gasteiger partial charge on any atom is 0.0470 e. The Labute approximate surface area is 124 Å². The van der Waals surface area contributed by atoms with Crippen LogP contribution in [0, 0.1) is 5.92 Å². The predicted octanol–water partition coefficient (Wildman–Crippen LogP) is 3.71. The van der Waals surface area contributed by atoms with Gasteiger partial charge in [0.15, 0.2) is 0 Å². The summed E-state index contributed by atoms with van der Waals surface area (Å²) in [5.41, 5.74) is 8.99. The highest BCUT2D eigenvalue weighted by atomic mass is 15.2. The highest BCUT2D eigenvalue weighted by Crippen LogP contribution is 2.37. The maximum absolute atomic E-state index is 6.05. The van der Waals surface area contributed by atoms with Crippen LogP contribution >= 0.6 is 0 Å². The van der Waals surface area contributed by atoms with E-state index in [9.17, 15) is 0 Å². The number of benzene rings is 1. The molecule has 2 unspecified atom stereocenters. The predicted molar refractivity (Wildman–Crippen MR) is 86.9 cm³/mol. The number of hydrogen-bond donors (Lipinski definition) is 1.